The predicted octanol–water partition coefficient (Wildman–Crippen LogP) is 6.51. The van der Waals surface area contributed by atoms with Crippen LogP contribution in [-0.4, -0.2) is 79.1 Å². The summed E-state index contributed by atoms with van der Waals surface area (Å²) in [7, 11) is 5.37. The summed E-state index contributed by atoms with van der Waals surface area (Å²) >= 11 is 6.37. The van der Waals surface area contributed by atoms with Crippen molar-refractivity contribution >= 4 is 28.6 Å². The molecule has 1 fully saturated rings. The Balaban J connectivity index is 1.27. The highest BCUT2D eigenvalue weighted by molar-refractivity contribution is 6.30. The van der Waals surface area contributed by atoms with Gasteiger partial charge in [-0.15, -0.1) is 0 Å². The number of imidazole rings is 1. The fourth-order valence-corrected chi connectivity index (χ4v) is 6.49. The molecule has 0 radical (unpaired) electrons. The number of halogens is 1. The average molecular weight is 697 g/mol. The molecular weight excluding hydrogens is 656 g/mol. The van der Waals surface area contributed by atoms with Gasteiger partial charge in [-0.2, -0.15) is 0 Å². The third-order valence-electron chi connectivity index (χ3n) is 9.19. The van der Waals surface area contributed by atoms with E-state index in [1.807, 2.05) is 61.5 Å². The number of carbonyl (C=O) groups excluding carboxylic acids is 1. The number of likely N-dealkylation sites (N-methyl/N-ethyl adjacent to an activating group) is 1. The van der Waals surface area contributed by atoms with Crippen molar-refractivity contribution in [2.75, 3.05) is 47.6 Å². The van der Waals surface area contributed by atoms with Gasteiger partial charge >= 0.3 is 5.97 Å². The van der Waals surface area contributed by atoms with E-state index in [0.717, 1.165) is 57.9 Å². The third kappa shape index (κ3) is 7.63. The number of pyridine rings is 1. The Hall–Kier alpha value is -4.48. The fraction of sp³-hybridized carbons (Fsp3) is 0.359. The van der Waals surface area contributed by atoms with Crippen LogP contribution in [0.2, 0.25) is 5.02 Å². The molecule has 2 aliphatic heterocycles. The van der Waals surface area contributed by atoms with Crippen molar-refractivity contribution in [2.45, 2.75) is 45.1 Å². The topological polar surface area (TPSA) is 97.2 Å². The molecule has 4 heterocycles. The molecule has 2 aromatic heterocycles. The molecule has 7 rings (SSSR count). The van der Waals surface area contributed by atoms with Crippen LogP contribution in [0, 0.1) is 0 Å². The Morgan fingerprint density at radius 2 is 1.88 bits per heavy atom. The molecule has 0 amide bonds. The van der Waals surface area contributed by atoms with Crippen LogP contribution in [0.4, 0.5) is 0 Å². The summed E-state index contributed by atoms with van der Waals surface area (Å²) in [6, 6.07) is 21.6. The molecule has 0 aliphatic carbocycles. The monoisotopic (exact) mass is 696 g/mol. The van der Waals surface area contributed by atoms with E-state index in [2.05, 4.69) is 22.8 Å². The van der Waals surface area contributed by atoms with Gasteiger partial charge in [-0.25, -0.2) is 14.8 Å². The lowest BCUT2D eigenvalue weighted by Crippen LogP contribution is -2.31. The number of benzene rings is 3. The Kier molecular flexibility index (Phi) is 10.3. The highest BCUT2D eigenvalue weighted by atomic mass is 35.5. The molecule has 1 atom stereocenters. The lowest BCUT2D eigenvalue weighted by atomic mass is 9.99. The average Bonchev–Trinajstić information content (AvgIpc) is 3.44. The minimum Gasteiger partial charge on any atom is -0.490 e. The smallest absolute Gasteiger partial charge is 0.338 e. The molecule has 0 spiro atoms. The van der Waals surface area contributed by atoms with Gasteiger partial charge in [0.15, 0.2) is 0 Å². The van der Waals surface area contributed by atoms with Crippen molar-refractivity contribution in [3.63, 3.8) is 0 Å². The first-order valence-electron chi connectivity index (χ1n) is 16.9. The van der Waals surface area contributed by atoms with Gasteiger partial charge in [0.25, 0.3) is 0 Å². The minimum atomic E-state index is -0.429. The predicted molar refractivity (Wildman–Crippen MR) is 191 cm³/mol. The van der Waals surface area contributed by atoms with Gasteiger partial charge in [0, 0.05) is 36.2 Å². The molecule has 4 bridgehead atoms. The van der Waals surface area contributed by atoms with Crippen molar-refractivity contribution in [3.8, 4) is 22.9 Å². The number of methoxy groups -OCH3 is 1. The van der Waals surface area contributed by atoms with E-state index in [0.29, 0.717) is 80.1 Å². The maximum atomic E-state index is 12.8. The summed E-state index contributed by atoms with van der Waals surface area (Å²) in [5.41, 5.74) is 7.95. The largest absolute Gasteiger partial charge is 0.490 e. The highest BCUT2D eigenvalue weighted by Crippen LogP contribution is 2.33. The zero-order valence-electron chi connectivity index (χ0n) is 28.6. The molecule has 10 nitrogen and oxygen atoms in total. The van der Waals surface area contributed by atoms with Crippen molar-refractivity contribution in [3.05, 3.63) is 105 Å². The molecule has 0 saturated carbocycles. The summed E-state index contributed by atoms with van der Waals surface area (Å²) in [5.74, 6) is 1.52. The Labute approximate surface area is 296 Å². The number of hydrogen-bond donors (Lipinski definition) is 0. The highest BCUT2D eigenvalue weighted by Gasteiger charge is 2.25. The van der Waals surface area contributed by atoms with Crippen LogP contribution < -0.4 is 9.47 Å². The lowest BCUT2D eigenvalue weighted by molar-refractivity contribution is -0.0589. The zero-order valence-corrected chi connectivity index (χ0v) is 29.4. The lowest BCUT2D eigenvalue weighted by Gasteiger charge is -2.27. The number of fused-ring (bicyclic) bond motifs is 7. The zero-order chi connectivity index (χ0) is 34.6. The van der Waals surface area contributed by atoms with Crippen LogP contribution in [0.15, 0.2) is 66.7 Å². The van der Waals surface area contributed by atoms with Gasteiger partial charge in [-0.3, -0.25) is 0 Å². The number of ether oxygens (including phenoxy) is 5. The van der Waals surface area contributed by atoms with Crippen LogP contribution in [0.3, 0.4) is 0 Å². The van der Waals surface area contributed by atoms with Gasteiger partial charge in [0.1, 0.15) is 30.3 Å². The summed E-state index contributed by atoms with van der Waals surface area (Å²) in [6.07, 6.45) is 2.24. The van der Waals surface area contributed by atoms with Crippen LogP contribution in [0.5, 0.6) is 11.6 Å². The van der Waals surface area contributed by atoms with Crippen molar-refractivity contribution in [1.29, 1.82) is 0 Å². The Bertz CT molecular complexity index is 2010. The summed E-state index contributed by atoms with van der Waals surface area (Å²) in [6.45, 7) is 3.82. The van der Waals surface area contributed by atoms with Crippen molar-refractivity contribution in [1.82, 2.24) is 19.4 Å². The van der Waals surface area contributed by atoms with E-state index < -0.39 is 5.97 Å². The molecule has 11 heteroatoms. The van der Waals surface area contributed by atoms with Crippen LogP contribution >= 0.6 is 11.6 Å². The first-order chi connectivity index (χ1) is 24.3. The molecule has 260 valence electrons. The number of carbonyl (C=O) groups is 1. The number of rotatable bonds is 9. The third-order valence-corrected chi connectivity index (χ3v) is 9.42. The number of hydrogen-bond acceptors (Lipinski definition) is 9. The molecule has 0 N–H and O–H groups in total. The number of aromatic nitrogens is 3. The molecular formula is C39H41ClN4O6. The second kappa shape index (κ2) is 15.2. The number of esters is 1. The van der Waals surface area contributed by atoms with Gasteiger partial charge in [-0.05, 0) is 85.6 Å². The van der Waals surface area contributed by atoms with Crippen LogP contribution in [0.1, 0.15) is 44.9 Å². The molecule has 50 heavy (non-hydrogen) atoms. The van der Waals surface area contributed by atoms with E-state index in [9.17, 15) is 4.79 Å². The van der Waals surface area contributed by atoms with E-state index in [1.165, 1.54) is 7.11 Å². The van der Waals surface area contributed by atoms with E-state index in [-0.39, 0.29) is 6.10 Å². The van der Waals surface area contributed by atoms with Crippen molar-refractivity contribution < 1.29 is 28.5 Å². The molecule has 2 aliphatic rings. The van der Waals surface area contributed by atoms with Gasteiger partial charge < -0.3 is 33.2 Å². The molecule has 1 saturated heterocycles. The van der Waals surface area contributed by atoms with Crippen LogP contribution in [0.25, 0.3) is 22.3 Å². The summed E-state index contributed by atoms with van der Waals surface area (Å²) in [4.78, 5) is 24.8. The molecule has 3 aromatic carbocycles. The quantitative estimate of drug-likeness (QED) is 0.160. The Morgan fingerprint density at radius 1 is 1.00 bits per heavy atom. The Morgan fingerprint density at radius 3 is 2.68 bits per heavy atom. The first kappa shape index (κ1) is 34.0. The van der Waals surface area contributed by atoms with Crippen molar-refractivity contribution in [2.24, 2.45) is 0 Å². The summed E-state index contributed by atoms with van der Waals surface area (Å²) < 4.78 is 31.9. The van der Waals surface area contributed by atoms with Crippen LogP contribution in [-0.2, 0) is 46.8 Å². The second-order valence-corrected chi connectivity index (χ2v) is 13.4. The molecule has 5 aromatic rings. The van der Waals surface area contributed by atoms with E-state index >= 15 is 0 Å². The fourth-order valence-electron chi connectivity index (χ4n) is 6.30. The van der Waals surface area contributed by atoms with Gasteiger partial charge in [0.2, 0.25) is 5.88 Å². The first-order valence-corrected chi connectivity index (χ1v) is 17.3. The maximum Gasteiger partial charge on any atom is 0.338 e. The standard InChI is InChI=1S/C39H41ClN4O6/c1-43(2)13-16-49-35-20-29(39(45)46-3)19-34-38(35)42-36(44(34)22-32-12-15-48-32)21-25-7-8-27-17-30(25)23-47-14-11-26-18-31(40)10-9-28(26)24-50-37-6-4-5-33(27)41-37/h4-10,17-20,32H,11-16,21-24H2,1-3H3/t32-/m0/s1. The molecule has 0 unspecified atom stereocenters. The SMILES string of the molecule is COC(=O)c1cc(OCCN(C)C)c2nc(Cc3ccc4cc3COCCc3cc(Cl)ccc3COc3cccc-4n3)n(C[C@@H]3CCO3)c2c1. The van der Waals surface area contributed by atoms with Gasteiger partial charge in [-0.1, -0.05) is 35.9 Å². The summed E-state index contributed by atoms with van der Waals surface area (Å²) in [5, 5.41) is 0.681. The second-order valence-electron chi connectivity index (χ2n) is 12.9. The number of nitrogens with zero attached hydrogens (tertiary/aromatic N) is 4. The van der Waals surface area contributed by atoms with E-state index in [1.54, 1.807) is 6.07 Å². The normalized spacial score (nSPS) is 15.9. The maximum absolute atomic E-state index is 12.8. The van der Waals surface area contributed by atoms with E-state index in [4.69, 9.17) is 45.3 Å². The minimum absolute atomic E-state index is 0.0618. The van der Waals surface area contributed by atoms with Gasteiger partial charge in [0.05, 0.1) is 49.7 Å².